The number of hydrogen-bond acceptors (Lipinski definition) is 8. The maximum absolute atomic E-state index is 11.8. The summed E-state index contributed by atoms with van der Waals surface area (Å²) in [5, 5.41) is 19.1. The molecule has 11 nitrogen and oxygen atoms in total. The van der Waals surface area contributed by atoms with Crippen LogP contribution in [0.3, 0.4) is 0 Å². The number of piperidine rings is 1. The summed E-state index contributed by atoms with van der Waals surface area (Å²) in [5.74, 6) is 1.27. The lowest BCUT2D eigenvalue weighted by Crippen LogP contribution is -2.44. The third kappa shape index (κ3) is 5.16. The molecule has 3 aromatic heterocycles. The van der Waals surface area contributed by atoms with Crippen LogP contribution in [-0.2, 0) is 11.3 Å². The van der Waals surface area contributed by atoms with Gasteiger partial charge in [0.15, 0.2) is 5.65 Å². The van der Waals surface area contributed by atoms with Crippen molar-refractivity contribution >= 4 is 34.4 Å². The zero-order chi connectivity index (χ0) is 22.5. The molecule has 0 aliphatic carbocycles. The quantitative estimate of drug-likeness (QED) is 0.462. The molecule has 172 valence electrons. The molecule has 0 aromatic carbocycles. The molecule has 3 aromatic rings. The van der Waals surface area contributed by atoms with Crippen molar-refractivity contribution in [2.75, 3.05) is 43.4 Å². The number of aromatic amines is 1. The Kier molecular flexibility index (Phi) is 6.84. The van der Waals surface area contributed by atoms with Crippen molar-refractivity contribution in [2.24, 2.45) is 0 Å². The van der Waals surface area contributed by atoms with Crippen LogP contribution in [0, 0.1) is 0 Å². The number of aromatic nitrogens is 6. The Morgan fingerprint density at radius 2 is 2.12 bits per heavy atom. The van der Waals surface area contributed by atoms with Crippen molar-refractivity contribution in [1.82, 2.24) is 39.7 Å². The van der Waals surface area contributed by atoms with Gasteiger partial charge in [0.1, 0.15) is 5.82 Å². The molecule has 1 amide bonds. The van der Waals surface area contributed by atoms with Crippen LogP contribution in [0.1, 0.15) is 33.6 Å². The van der Waals surface area contributed by atoms with Gasteiger partial charge in [-0.1, -0.05) is 13.8 Å². The fourth-order valence-electron chi connectivity index (χ4n) is 4.04. The molecule has 4 heterocycles. The highest BCUT2D eigenvalue weighted by molar-refractivity contribution is 5.87. The lowest BCUT2D eigenvalue weighted by molar-refractivity contribution is -0.129. The fraction of sp³-hybridized carbons (Fsp3) is 0.571. The number of carbonyl (C=O) groups excluding carboxylic acids is 1. The molecule has 0 spiro atoms. The van der Waals surface area contributed by atoms with E-state index in [-0.39, 0.29) is 11.9 Å². The SMILES string of the molecule is CCN(CC)CCn1cc(Nc2nc(N[C@@H]3CCCN(C(C)=O)C3)c3cn[nH]c3n2)cn1. The molecule has 0 saturated carbocycles. The molecule has 11 heteroatoms. The normalized spacial score (nSPS) is 16.6. The number of nitrogens with zero attached hydrogens (tertiary/aromatic N) is 7. The molecule has 1 atom stereocenters. The minimum Gasteiger partial charge on any atom is -0.365 e. The van der Waals surface area contributed by atoms with Crippen LogP contribution in [0.25, 0.3) is 11.0 Å². The molecular weight excluding hydrogens is 408 g/mol. The smallest absolute Gasteiger partial charge is 0.231 e. The summed E-state index contributed by atoms with van der Waals surface area (Å²) in [7, 11) is 0. The molecule has 32 heavy (non-hydrogen) atoms. The molecular formula is C21H32N10O. The van der Waals surface area contributed by atoms with E-state index in [1.54, 1.807) is 19.3 Å². The molecule has 0 bridgehead atoms. The standard InChI is InChI=1S/C21H32N10O/c1-4-29(5-2)9-10-31-14-17(11-23-31)25-21-26-19(18-12-22-28-20(18)27-21)24-16-7-6-8-30(13-16)15(3)32/h11-12,14,16H,4-10,13H2,1-3H3,(H3,22,24,25,26,27,28)/t16-/m1/s1. The minimum absolute atomic E-state index is 0.105. The van der Waals surface area contributed by atoms with Gasteiger partial charge in [0.25, 0.3) is 0 Å². The maximum atomic E-state index is 11.8. The molecule has 0 radical (unpaired) electrons. The second kappa shape index (κ2) is 9.94. The van der Waals surface area contributed by atoms with E-state index in [1.165, 1.54) is 0 Å². The van der Waals surface area contributed by atoms with Crippen molar-refractivity contribution in [3.05, 3.63) is 18.6 Å². The highest BCUT2D eigenvalue weighted by atomic mass is 16.2. The predicted molar refractivity (Wildman–Crippen MR) is 124 cm³/mol. The lowest BCUT2D eigenvalue weighted by atomic mass is 10.1. The Hall–Kier alpha value is -3.21. The number of likely N-dealkylation sites (tertiary alicyclic amines) is 1. The van der Waals surface area contributed by atoms with Crippen molar-refractivity contribution < 1.29 is 4.79 Å². The van der Waals surface area contributed by atoms with E-state index in [0.29, 0.717) is 24.0 Å². The second-order valence-corrected chi connectivity index (χ2v) is 8.12. The first-order valence-corrected chi connectivity index (χ1v) is 11.3. The third-order valence-corrected chi connectivity index (χ3v) is 5.95. The van der Waals surface area contributed by atoms with Crippen LogP contribution in [0.2, 0.25) is 0 Å². The number of H-pyrrole nitrogens is 1. The van der Waals surface area contributed by atoms with E-state index in [0.717, 1.165) is 56.6 Å². The lowest BCUT2D eigenvalue weighted by Gasteiger charge is -2.32. The molecule has 1 aliphatic heterocycles. The summed E-state index contributed by atoms with van der Waals surface area (Å²) in [6.07, 6.45) is 7.41. The minimum atomic E-state index is 0.105. The van der Waals surface area contributed by atoms with E-state index in [2.05, 4.69) is 49.7 Å². The predicted octanol–water partition coefficient (Wildman–Crippen LogP) is 2.06. The van der Waals surface area contributed by atoms with Gasteiger partial charge in [-0.15, -0.1) is 0 Å². The van der Waals surface area contributed by atoms with Gasteiger partial charge < -0.3 is 20.4 Å². The number of amides is 1. The van der Waals surface area contributed by atoms with Crippen LogP contribution >= 0.6 is 0 Å². The first kappa shape index (κ1) is 22.0. The number of fused-ring (bicyclic) bond motifs is 1. The first-order chi connectivity index (χ1) is 15.6. The molecule has 4 rings (SSSR count). The second-order valence-electron chi connectivity index (χ2n) is 8.12. The zero-order valence-electron chi connectivity index (χ0n) is 19.0. The van der Waals surface area contributed by atoms with Gasteiger partial charge in [-0.25, -0.2) is 0 Å². The van der Waals surface area contributed by atoms with Crippen molar-refractivity contribution in [2.45, 2.75) is 46.2 Å². The van der Waals surface area contributed by atoms with Gasteiger partial charge >= 0.3 is 0 Å². The Morgan fingerprint density at radius 3 is 2.91 bits per heavy atom. The van der Waals surface area contributed by atoms with Crippen LogP contribution < -0.4 is 10.6 Å². The summed E-state index contributed by atoms with van der Waals surface area (Å²) in [4.78, 5) is 25.3. The van der Waals surface area contributed by atoms with Gasteiger partial charge in [0.2, 0.25) is 11.9 Å². The van der Waals surface area contributed by atoms with Crippen LogP contribution in [-0.4, -0.2) is 84.4 Å². The summed E-state index contributed by atoms with van der Waals surface area (Å²) in [6.45, 7) is 11.3. The first-order valence-electron chi connectivity index (χ1n) is 11.3. The molecule has 1 fully saturated rings. The van der Waals surface area contributed by atoms with Crippen LogP contribution in [0.4, 0.5) is 17.5 Å². The molecule has 1 saturated heterocycles. The average molecular weight is 441 g/mol. The topological polar surface area (TPSA) is 120 Å². The molecule has 0 unspecified atom stereocenters. The summed E-state index contributed by atoms with van der Waals surface area (Å²) < 4.78 is 1.92. The van der Waals surface area contributed by atoms with Gasteiger partial charge in [-0.2, -0.15) is 20.2 Å². The van der Waals surface area contributed by atoms with Crippen LogP contribution in [0.15, 0.2) is 18.6 Å². The zero-order valence-corrected chi connectivity index (χ0v) is 19.0. The summed E-state index contributed by atoms with van der Waals surface area (Å²) in [6, 6.07) is 0.135. The van der Waals surface area contributed by atoms with Gasteiger partial charge in [-0.3, -0.25) is 14.6 Å². The number of carbonyl (C=O) groups is 1. The maximum Gasteiger partial charge on any atom is 0.231 e. The Labute approximate surface area is 187 Å². The highest BCUT2D eigenvalue weighted by Gasteiger charge is 2.23. The molecule has 3 N–H and O–H groups in total. The van der Waals surface area contributed by atoms with E-state index in [4.69, 9.17) is 4.98 Å². The number of likely N-dealkylation sites (N-methyl/N-ethyl adjacent to an activating group) is 1. The number of nitrogens with one attached hydrogen (secondary N) is 3. The van der Waals surface area contributed by atoms with Crippen molar-refractivity contribution in [3.8, 4) is 0 Å². The van der Waals surface area contributed by atoms with Gasteiger partial charge in [-0.05, 0) is 25.9 Å². The largest absolute Gasteiger partial charge is 0.365 e. The average Bonchev–Trinajstić information content (AvgIpc) is 3.44. The van der Waals surface area contributed by atoms with E-state index in [9.17, 15) is 4.79 Å². The number of hydrogen-bond donors (Lipinski definition) is 3. The fourth-order valence-corrected chi connectivity index (χ4v) is 4.04. The van der Waals surface area contributed by atoms with Gasteiger partial charge in [0.05, 0.1) is 30.0 Å². The Bertz CT molecular complexity index is 1040. The van der Waals surface area contributed by atoms with Crippen LogP contribution in [0.5, 0.6) is 0 Å². The van der Waals surface area contributed by atoms with E-state index in [1.807, 2.05) is 15.8 Å². The number of anilines is 3. The van der Waals surface area contributed by atoms with E-state index >= 15 is 0 Å². The van der Waals surface area contributed by atoms with Crippen molar-refractivity contribution in [3.63, 3.8) is 0 Å². The highest BCUT2D eigenvalue weighted by Crippen LogP contribution is 2.24. The van der Waals surface area contributed by atoms with Gasteiger partial charge in [0, 0.05) is 38.8 Å². The number of rotatable bonds is 9. The summed E-state index contributed by atoms with van der Waals surface area (Å²) in [5.41, 5.74) is 1.48. The van der Waals surface area contributed by atoms with Crippen molar-refractivity contribution in [1.29, 1.82) is 0 Å². The summed E-state index contributed by atoms with van der Waals surface area (Å²) >= 11 is 0. The Balaban J connectivity index is 1.47. The van der Waals surface area contributed by atoms with E-state index < -0.39 is 0 Å². The Morgan fingerprint density at radius 1 is 1.28 bits per heavy atom. The third-order valence-electron chi connectivity index (χ3n) is 5.95. The monoisotopic (exact) mass is 440 g/mol. The molecule has 1 aliphatic rings.